The zero-order valence-corrected chi connectivity index (χ0v) is 29.4. The number of carbonyl (C=O) groups is 4. The van der Waals surface area contributed by atoms with E-state index in [1.807, 2.05) is 71.4 Å². The fraction of sp³-hybridized carbons (Fsp3) is 0.351. The molecule has 0 aliphatic rings. The smallest absolute Gasteiger partial charge is 0.342 e. The number of esters is 2. The summed E-state index contributed by atoms with van der Waals surface area (Å²) in [6.45, 7) is 10.8. The van der Waals surface area contributed by atoms with Crippen molar-refractivity contribution in [3.8, 4) is 22.3 Å². The third-order valence-corrected chi connectivity index (χ3v) is 8.56. The van der Waals surface area contributed by atoms with E-state index in [1.54, 1.807) is 41.5 Å². The Morgan fingerprint density at radius 1 is 0.574 bits per heavy atom. The molecule has 2 aromatic carbocycles. The molecule has 2 N–H and O–H groups in total. The fourth-order valence-electron chi connectivity index (χ4n) is 4.75. The average Bonchev–Trinajstić information content (AvgIpc) is 3.60. The molecule has 0 saturated heterocycles. The Morgan fingerprint density at radius 3 is 1.28 bits per heavy atom. The van der Waals surface area contributed by atoms with Gasteiger partial charge in [0.15, 0.2) is 0 Å². The summed E-state index contributed by atoms with van der Waals surface area (Å²) in [6, 6.07) is 19.0. The van der Waals surface area contributed by atoms with E-state index in [4.69, 9.17) is 9.47 Å². The van der Waals surface area contributed by atoms with Crippen LogP contribution in [-0.2, 0) is 19.1 Å². The van der Waals surface area contributed by atoms with Crippen LogP contribution < -0.4 is 10.6 Å². The van der Waals surface area contributed by atoms with E-state index in [0.29, 0.717) is 51.5 Å². The van der Waals surface area contributed by atoms with Crippen LogP contribution in [0.5, 0.6) is 0 Å². The highest BCUT2D eigenvalue weighted by atomic mass is 32.1. The molecular formula is C37H42N2O6S2. The molecule has 2 amide bonds. The fourth-order valence-corrected chi connectivity index (χ4v) is 6.70. The highest BCUT2D eigenvalue weighted by molar-refractivity contribution is 7.15. The lowest BCUT2D eigenvalue weighted by Crippen LogP contribution is -2.25. The quantitative estimate of drug-likeness (QED) is 0.114. The molecular weight excluding hydrogens is 633 g/mol. The molecule has 0 atom stereocenters. The number of carbonyl (C=O) groups excluding carboxylic acids is 4. The summed E-state index contributed by atoms with van der Waals surface area (Å²) in [7, 11) is 0. The second kappa shape index (κ2) is 15.5. The minimum absolute atomic E-state index is 0.213. The molecule has 0 spiro atoms. The van der Waals surface area contributed by atoms with Gasteiger partial charge in [-0.25, -0.2) is 9.59 Å². The second-order valence-corrected chi connectivity index (χ2v) is 14.9. The zero-order valence-electron chi connectivity index (χ0n) is 27.7. The van der Waals surface area contributed by atoms with Crippen molar-refractivity contribution >= 4 is 56.4 Å². The van der Waals surface area contributed by atoms with E-state index in [1.165, 1.54) is 22.7 Å². The number of hydrogen-bond donors (Lipinski definition) is 2. The molecule has 8 nitrogen and oxygen atoms in total. The van der Waals surface area contributed by atoms with Crippen molar-refractivity contribution in [3.05, 3.63) is 82.6 Å². The van der Waals surface area contributed by atoms with E-state index in [0.717, 1.165) is 11.1 Å². The third-order valence-electron chi connectivity index (χ3n) is 6.77. The maximum atomic E-state index is 13.2. The predicted molar refractivity (Wildman–Crippen MR) is 190 cm³/mol. The molecule has 0 unspecified atom stereocenters. The van der Waals surface area contributed by atoms with Crippen molar-refractivity contribution in [2.24, 2.45) is 0 Å². The van der Waals surface area contributed by atoms with E-state index in [9.17, 15) is 19.2 Å². The SMILES string of the molecule is CC(C)(C)OC(=O)c1c(-c2ccccc2)csc1NC(=O)CCCCCC(=O)Nc1scc(-c2ccccc2)c1C(=O)OC(C)(C)C. The van der Waals surface area contributed by atoms with Gasteiger partial charge in [0.25, 0.3) is 0 Å². The van der Waals surface area contributed by atoms with Crippen LogP contribution in [0.1, 0.15) is 94.4 Å². The molecule has 0 fully saturated rings. The molecule has 0 saturated carbocycles. The van der Waals surface area contributed by atoms with Gasteiger partial charge >= 0.3 is 11.9 Å². The molecule has 0 radical (unpaired) electrons. The second-order valence-electron chi connectivity index (χ2n) is 13.1. The van der Waals surface area contributed by atoms with Crippen LogP contribution in [0.4, 0.5) is 10.0 Å². The van der Waals surface area contributed by atoms with Gasteiger partial charge in [0.2, 0.25) is 11.8 Å². The number of amides is 2. The van der Waals surface area contributed by atoms with Crippen LogP contribution in [0, 0.1) is 0 Å². The topological polar surface area (TPSA) is 111 Å². The zero-order chi connectivity index (χ0) is 34.2. The number of benzene rings is 2. The normalized spacial score (nSPS) is 11.5. The minimum atomic E-state index is -0.689. The summed E-state index contributed by atoms with van der Waals surface area (Å²) in [5.41, 5.74) is 2.45. The van der Waals surface area contributed by atoms with E-state index in [-0.39, 0.29) is 24.7 Å². The highest BCUT2D eigenvalue weighted by Gasteiger charge is 2.28. The Hall–Kier alpha value is -4.28. The number of ether oxygens (including phenoxy) is 2. The van der Waals surface area contributed by atoms with Crippen molar-refractivity contribution in [2.45, 2.75) is 84.8 Å². The van der Waals surface area contributed by atoms with Gasteiger partial charge in [0.05, 0.1) is 0 Å². The van der Waals surface area contributed by atoms with Crippen LogP contribution in [0.3, 0.4) is 0 Å². The lowest BCUT2D eigenvalue weighted by molar-refractivity contribution is -0.116. The first kappa shape index (κ1) is 35.6. The van der Waals surface area contributed by atoms with Crippen LogP contribution in [0.2, 0.25) is 0 Å². The van der Waals surface area contributed by atoms with E-state index in [2.05, 4.69) is 10.6 Å². The number of rotatable bonds is 12. The number of hydrogen-bond acceptors (Lipinski definition) is 8. The monoisotopic (exact) mass is 674 g/mol. The maximum Gasteiger partial charge on any atom is 0.342 e. The predicted octanol–water partition coefficient (Wildman–Crippen LogP) is 9.58. The van der Waals surface area contributed by atoms with Crippen LogP contribution >= 0.6 is 22.7 Å². The minimum Gasteiger partial charge on any atom is -0.456 e. The van der Waals surface area contributed by atoms with E-state index >= 15 is 0 Å². The summed E-state index contributed by atoms with van der Waals surface area (Å²) in [6.07, 6.45) is 2.26. The standard InChI is InChI=1S/C37H42N2O6S2/c1-36(2,3)44-34(42)30-26(24-16-10-7-11-17-24)22-46-32(30)38-28(40)20-14-9-15-21-29(41)39-33-31(35(43)45-37(4,5)6)27(23-47-33)25-18-12-8-13-19-25/h7-8,10-13,16-19,22-23H,9,14-15,20-21H2,1-6H3,(H,38,40)(H,39,41). The summed E-state index contributed by atoms with van der Waals surface area (Å²) in [4.78, 5) is 52.1. The first-order chi connectivity index (χ1) is 22.2. The summed E-state index contributed by atoms with van der Waals surface area (Å²) >= 11 is 2.58. The van der Waals surface area contributed by atoms with Gasteiger partial charge < -0.3 is 20.1 Å². The molecule has 2 heterocycles. The summed E-state index contributed by atoms with van der Waals surface area (Å²) in [5, 5.41) is 10.4. The van der Waals surface area contributed by atoms with Gasteiger partial charge in [0.1, 0.15) is 32.3 Å². The van der Waals surface area contributed by atoms with Crippen LogP contribution in [0.15, 0.2) is 71.4 Å². The van der Waals surface area contributed by atoms with E-state index < -0.39 is 23.1 Å². The van der Waals surface area contributed by atoms with Crippen molar-refractivity contribution in [1.29, 1.82) is 0 Å². The highest BCUT2D eigenvalue weighted by Crippen LogP contribution is 2.38. The first-order valence-electron chi connectivity index (χ1n) is 15.6. The van der Waals surface area contributed by atoms with Crippen molar-refractivity contribution in [2.75, 3.05) is 10.6 Å². The van der Waals surface area contributed by atoms with Gasteiger partial charge in [0, 0.05) is 34.7 Å². The molecule has 10 heteroatoms. The number of nitrogens with one attached hydrogen (secondary N) is 2. The number of anilines is 2. The number of thiophene rings is 2. The van der Waals surface area contributed by atoms with Crippen molar-refractivity contribution in [3.63, 3.8) is 0 Å². The van der Waals surface area contributed by atoms with Crippen molar-refractivity contribution < 1.29 is 28.7 Å². The largest absolute Gasteiger partial charge is 0.456 e. The lowest BCUT2D eigenvalue weighted by Gasteiger charge is -2.20. The Balaban J connectivity index is 1.32. The summed E-state index contributed by atoms with van der Waals surface area (Å²) in [5.74, 6) is -1.41. The average molecular weight is 675 g/mol. The Labute approximate surface area is 284 Å². The molecule has 0 aliphatic heterocycles. The van der Waals surface area contributed by atoms with Crippen molar-refractivity contribution in [1.82, 2.24) is 0 Å². The van der Waals surface area contributed by atoms with Crippen LogP contribution in [0.25, 0.3) is 22.3 Å². The van der Waals surface area contributed by atoms with Gasteiger partial charge in [-0.1, -0.05) is 67.1 Å². The molecule has 4 aromatic rings. The molecule has 0 aliphatic carbocycles. The Bertz CT molecular complexity index is 1570. The molecule has 47 heavy (non-hydrogen) atoms. The summed E-state index contributed by atoms with van der Waals surface area (Å²) < 4.78 is 11.3. The molecule has 4 rings (SSSR count). The lowest BCUT2D eigenvalue weighted by atomic mass is 10.0. The molecule has 248 valence electrons. The molecule has 2 aromatic heterocycles. The van der Waals surface area contributed by atoms with Gasteiger partial charge in [-0.15, -0.1) is 22.7 Å². The Morgan fingerprint density at radius 2 is 0.936 bits per heavy atom. The Kier molecular flexibility index (Phi) is 11.8. The third kappa shape index (κ3) is 10.4. The number of unbranched alkanes of at least 4 members (excludes halogenated alkanes) is 2. The maximum absolute atomic E-state index is 13.2. The van der Waals surface area contributed by atoms with Gasteiger partial charge in [-0.3, -0.25) is 9.59 Å². The van der Waals surface area contributed by atoms with Crippen LogP contribution in [-0.4, -0.2) is 35.0 Å². The van der Waals surface area contributed by atoms with Gasteiger partial charge in [-0.2, -0.15) is 0 Å². The first-order valence-corrected chi connectivity index (χ1v) is 17.4. The van der Waals surface area contributed by atoms with Gasteiger partial charge in [-0.05, 0) is 65.5 Å². The molecule has 0 bridgehead atoms.